The van der Waals surface area contributed by atoms with Crippen molar-refractivity contribution in [1.82, 2.24) is 9.78 Å². The fraction of sp³-hybridized carbons (Fsp3) is 0.455. The van der Waals surface area contributed by atoms with Crippen LogP contribution >= 0.6 is 0 Å². The van der Waals surface area contributed by atoms with Gasteiger partial charge < -0.3 is 5.11 Å². The summed E-state index contributed by atoms with van der Waals surface area (Å²) in [5.41, 5.74) is 3.05. The molecular weight excluding hydrogens is 362 g/mol. The maximum Gasteiger partial charge on any atom is 0.288 e. The summed E-state index contributed by atoms with van der Waals surface area (Å²) >= 11 is 0. The predicted molar refractivity (Wildman–Crippen MR) is 103 cm³/mol. The van der Waals surface area contributed by atoms with Crippen molar-refractivity contribution in [2.45, 2.75) is 45.5 Å². The Kier molecular flexibility index (Phi) is 4.40. The van der Waals surface area contributed by atoms with Gasteiger partial charge in [-0.25, -0.2) is 0 Å². The van der Waals surface area contributed by atoms with Gasteiger partial charge >= 0.3 is 0 Å². The number of Topliss-reactive ketones (excluding diaryl/α,β-unsaturated/α-hetero) is 1. The second-order valence-electron chi connectivity index (χ2n) is 7.98. The first kappa shape index (κ1) is 18.8. The molecule has 2 aromatic rings. The summed E-state index contributed by atoms with van der Waals surface area (Å²) < 4.78 is 28.8. The summed E-state index contributed by atoms with van der Waals surface area (Å²) in [5.74, 6) is -2.80. The zero-order chi connectivity index (χ0) is 20.2. The van der Waals surface area contributed by atoms with Crippen molar-refractivity contribution >= 4 is 11.4 Å². The number of ketones is 1. The number of carbonyl (C=O) groups is 1. The monoisotopic (exact) mass is 386 g/mol. The molecule has 1 N–H and O–H groups in total. The lowest BCUT2D eigenvalue weighted by molar-refractivity contribution is -0.117. The lowest BCUT2D eigenvalue weighted by Crippen LogP contribution is -2.22. The summed E-state index contributed by atoms with van der Waals surface area (Å²) in [4.78, 5) is 13.0. The van der Waals surface area contributed by atoms with Gasteiger partial charge in [-0.05, 0) is 48.9 Å². The van der Waals surface area contributed by atoms with Gasteiger partial charge in [0.1, 0.15) is 11.5 Å². The molecule has 2 aliphatic rings. The number of carbonyl (C=O) groups excluding carboxylic acids is 1. The molecule has 0 aliphatic heterocycles. The number of benzene rings is 1. The quantitative estimate of drug-likeness (QED) is 0.802. The van der Waals surface area contributed by atoms with E-state index in [1.165, 1.54) is 10.7 Å². The third-order valence-electron chi connectivity index (χ3n) is 6.08. The smallest absolute Gasteiger partial charge is 0.288 e. The van der Waals surface area contributed by atoms with E-state index in [4.69, 9.17) is 0 Å². The first-order valence-corrected chi connectivity index (χ1v) is 9.74. The van der Waals surface area contributed by atoms with Gasteiger partial charge in [-0.3, -0.25) is 9.48 Å². The minimum absolute atomic E-state index is 0.00360. The molecule has 148 valence electrons. The van der Waals surface area contributed by atoms with Crippen LogP contribution in [-0.4, -0.2) is 20.7 Å². The summed E-state index contributed by atoms with van der Waals surface area (Å²) in [6, 6.07) is 6.98. The topological polar surface area (TPSA) is 55.1 Å². The standard InChI is InChI=1S/C22H24F2N2O2/c1-4-12-5-6-13(17-11-18(22(2,23)24)25-26(17)3)10-16(12)19-20(27)14-7-8-15(9-14)21(19)28/h5-6,10-11,14-15,27H,4,7-9H2,1-3H3/t14-,15+/m0/s1. The maximum atomic E-state index is 13.7. The van der Waals surface area contributed by atoms with Crippen LogP contribution in [0.1, 0.15) is 49.9 Å². The number of aliphatic hydroxyl groups excluding tert-OH is 1. The van der Waals surface area contributed by atoms with E-state index in [0.29, 0.717) is 28.8 Å². The fourth-order valence-corrected chi connectivity index (χ4v) is 4.50. The Morgan fingerprint density at radius 3 is 2.61 bits per heavy atom. The normalized spacial score (nSPS) is 22.2. The van der Waals surface area contributed by atoms with Crippen LogP contribution in [0.4, 0.5) is 8.78 Å². The molecule has 0 saturated heterocycles. The summed E-state index contributed by atoms with van der Waals surface area (Å²) in [5, 5.41) is 14.7. The lowest BCUT2D eigenvalue weighted by atomic mass is 9.81. The average molecular weight is 386 g/mol. The highest BCUT2D eigenvalue weighted by Gasteiger charge is 2.41. The van der Waals surface area contributed by atoms with Gasteiger partial charge in [-0.2, -0.15) is 13.9 Å². The van der Waals surface area contributed by atoms with Crippen molar-refractivity contribution in [2.75, 3.05) is 0 Å². The Labute approximate surface area is 162 Å². The molecule has 4 nitrogen and oxygen atoms in total. The molecule has 1 saturated carbocycles. The molecule has 1 fully saturated rings. The van der Waals surface area contributed by atoms with Gasteiger partial charge in [0.2, 0.25) is 0 Å². The van der Waals surface area contributed by atoms with E-state index in [0.717, 1.165) is 31.7 Å². The first-order chi connectivity index (χ1) is 13.2. The van der Waals surface area contributed by atoms with Crippen molar-refractivity contribution in [1.29, 1.82) is 0 Å². The second kappa shape index (κ2) is 6.54. The van der Waals surface area contributed by atoms with E-state index in [1.54, 1.807) is 7.05 Å². The zero-order valence-electron chi connectivity index (χ0n) is 16.3. The van der Waals surface area contributed by atoms with Crippen LogP contribution in [-0.2, 0) is 24.2 Å². The molecule has 2 aliphatic carbocycles. The number of aliphatic hydroxyl groups is 1. The SMILES string of the molecule is CCc1ccc(-c2cc(C(C)(F)F)nn2C)cc1C1=C(O)[C@H]2CC[C@H](C2)C1=O. The minimum atomic E-state index is -3.03. The number of aromatic nitrogens is 2. The largest absolute Gasteiger partial charge is 0.511 e. The van der Waals surface area contributed by atoms with Gasteiger partial charge in [0.15, 0.2) is 5.78 Å². The van der Waals surface area contributed by atoms with Gasteiger partial charge in [0.05, 0.1) is 11.3 Å². The number of fused-ring (bicyclic) bond motifs is 2. The number of nitrogens with zero attached hydrogens (tertiary/aromatic N) is 2. The maximum absolute atomic E-state index is 13.7. The molecule has 28 heavy (non-hydrogen) atoms. The van der Waals surface area contributed by atoms with Crippen LogP contribution in [0.3, 0.4) is 0 Å². The Bertz CT molecular complexity index is 985. The average Bonchev–Trinajstić information content (AvgIpc) is 3.25. The van der Waals surface area contributed by atoms with Crippen LogP contribution in [0, 0.1) is 11.8 Å². The van der Waals surface area contributed by atoms with E-state index in [2.05, 4.69) is 5.10 Å². The number of allylic oxidation sites excluding steroid dienone is 2. The van der Waals surface area contributed by atoms with E-state index < -0.39 is 5.92 Å². The molecule has 2 bridgehead atoms. The summed E-state index contributed by atoms with van der Waals surface area (Å²) in [7, 11) is 1.63. The van der Waals surface area contributed by atoms with Crippen molar-refractivity contribution in [2.24, 2.45) is 18.9 Å². The highest BCUT2D eigenvalue weighted by Crippen LogP contribution is 2.46. The molecule has 0 amide bonds. The van der Waals surface area contributed by atoms with E-state index in [1.807, 2.05) is 25.1 Å². The van der Waals surface area contributed by atoms with Crippen molar-refractivity contribution in [3.05, 3.63) is 46.8 Å². The molecule has 2 atom stereocenters. The Morgan fingerprint density at radius 1 is 1.25 bits per heavy atom. The van der Waals surface area contributed by atoms with E-state index in [-0.39, 0.29) is 29.1 Å². The summed E-state index contributed by atoms with van der Waals surface area (Å²) in [6.45, 7) is 2.82. The highest BCUT2D eigenvalue weighted by atomic mass is 19.3. The van der Waals surface area contributed by atoms with Crippen LogP contribution in [0.5, 0.6) is 0 Å². The molecule has 4 rings (SSSR count). The molecule has 1 aromatic heterocycles. The zero-order valence-corrected chi connectivity index (χ0v) is 16.3. The Morgan fingerprint density at radius 2 is 1.96 bits per heavy atom. The number of halogens is 2. The number of hydrogen-bond donors (Lipinski definition) is 1. The second-order valence-corrected chi connectivity index (χ2v) is 7.98. The van der Waals surface area contributed by atoms with Crippen molar-refractivity contribution in [3.63, 3.8) is 0 Å². The molecule has 1 heterocycles. The highest BCUT2D eigenvalue weighted by molar-refractivity contribution is 6.23. The van der Waals surface area contributed by atoms with Gasteiger partial charge in [-0.15, -0.1) is 0 Å². The number of alkyl halides is 2. The van der Waals surface area contributed by atoms with Gasteiger partial charge in [0, 0.05) is 31.4 Å². The molecular formula is C22H24F2N2O2. The van der Waals surface area contributed by atoms with Gasteiger partial charge in [0.25, 0.3) is 5.92 Å². The van der Waals surface area contributed by atoms with Crippen molar-refractivity contribution in [3.8, 4) is 11.3 Å². The predicted octanol–water partition coefficient (Wildman–Crippen LogP) is 5.03. The first-order valence-electron chi connectivity index (χ1n) is 9.74. The molecule has 0 radical (unpaired) electrons. The fourth-order valence-electron chi connectivity index (χ4n) is 4.50. The van der Waals surface area contributed by atoms with Crippen molar-refractivity contribution < 1.29 is 18.7 Å². The molecule has 0 unspecified atom stereocenters. The Balaban J connectivity index is 1.86. The van der Waals surface area contributed by atoms with E-state index >= 15 is 0 Å². The number of hydrogen-bond acceptors (Lipinski definition) is 3. The Hall–Kier alpha value is -2.50. The molecule has 1 aromatic carbocycles. The minimum Gasteiger partial charge on any atom is -0.511 e. The molecule has 0 spiro atoms. The van der Waals surface area contributed by atoms with Crippen LogP contribution in [0.2, 0.25) is 0 Å². The molecule has 6 heteroatoms. The van der Waals surface area contributed by atoms with Crippen LogP contribution in [0.15, 0.2) is 30.0 Å². The third-order valence-corrected chi connectivity index (χ3v) is 6.08. The lowest BCUT2D eigenvalue weighted by Gasteiger charge is -2.23. The van der Waals surface area contributed by atoms with Gasteiger partial charge in [-0.1, -0.05) is 19.1 Å². The number of rotatable bonds is 4. The van der Waals surface area contributed by atoms with E-state index in [9.17, 15) is 18.7 Å². The number of aryl methyl sites for hydroxylation is 2. The third kappa shape index (κ3) is 2.95. The van der Waals surface area contributed by atoms with Crippen LogP contribution < -0.4 is 0 Å². The van der Waals surface area contributed by atoms with Crippen LogP contribution in [0.25, 0.3) is 16.8 Å². The summed E-state index contributed by atoms with van der Waals surface area (Å²) in [6.07, 6.45) is 3.09.